The molecule has 1 aliphatic rings. The molecule has 1 unspecified atom stereocenters. The number of benzene rings is 1. The highest BCUT2D eigenvalue weighted by atomic mass is 16.6. The van der Waals surface area contributed by atoms with Crippen LogP contribution in [0.4, 0.5) is 0 Å². The molecule has 1 aliphatic heterocycles. The first-order valence-electron chi connectivity index (χ1n) is 9.00. The first kappa shape index (κ1) is 20.5. The van der Waals surface area contributed by atoms with E-state index in [0.29, 0.717) is 36.1 Å². The highest BCUT2D eigenvalue weighted by molar-refractivity contribution is 5.97. The van der Waals surface area contributed by atoms with E-state index in [2.05, 4.69) is 24.5 Å². The van der Waals surface area contributed by atoms with E-state index in [1.807, 2.05) is 0 Å². The van der Waals surface area contributed by atoms with Crippen molar-refractivity contribution in [3.63, 3.8) is 0 Å². The Morgan fingerprint density at radius 1 is 1.35 bits per heavy atom. The summed E-state index contributed by atoms with van der Waals surface area (Å²) in [5.74, 6) is 1.33. The largest absolute Gasteiger partial charge is 0.497 e. The predicted octanol–water partition coefficient (Wildman–Crippen LogP) is 1.55. The van der Waals surface area contributed by atoms with Crippen molar-refractivity contribution in [3.8, 4) is 11.5 Å². The fraction of sp³-hybridized carbons (Fsp3) is 0.632. The summed E-state index contributed by atoms with van der Waals surface area (Å²) in [5, 5.41) is 16.1. The molecule has 7 heteroatoms. The van der Waals surface area contributed by atoms with Gasteiger partial charge in [0.2, 0.25) is 0 Å². The zero-order chi connectivity index (χ0) is 19.1. The number of carbonyl (C=O) groups is 1. The van der Waals surface area contributed by atoms with Crippen molar-refractivity contribution in [2.24, 2.45) is 5.92 Å². The van der Waals surface area contributed by atoms with Crippen LogP contribution < -0.4 is 20.1 Å². The van der Waals surface area contributed by atoms with Gasteiger partial charge in [-0.2, -0.15) is 0 Å². The summed E-state index contributed by atoms with van der Waals surface area (Å²) in [6, 6.07) is 4.96. The smallest absolute Gasteiger partial charge is 0.255 e. The van der Waals surface area contributed by atoms with Crippen LogP contribution in [0.3, 0.4) is 0 Å². The summed E-state index contributed by atoms with van der Waals surface area (Å²) in [6.45, 7) is 5.33. The summed E-state index contributed by atoms with van der Waals surface area (Å²) >= 11 is 0. The first-order chi connectivity index (χ1) is 12.4. The van der Waals surface area contributed by atoms with Crippen LogP contribution in [0, 0.1) is 5.92 Å². The minimum atomic E-state index is -0.785. The van der Waals surface area contributed by atoms with Crippen LogP contribution in [0.2, 0.25) is 0 Å². The number of hydrogen-bond donors (Lipinski definition) is 3. The summed E-state index contributed by atoms with van der Waals surface area (Å²) < 4.78 is 15.7. The van der Waals surface area contributed by atoms with Crippen molar-refractivity contribution >= 4 is 5.91 Å². The molecule has 1 amide bonds. The molecule has 3 atom stereocenters. The molecule has 0 spiro atoms. The maximum atomic E-state index is 12.7. The van der Waals surface area contributed by atoms with E-state index in [-0.39, 0.29) is 18.0 Å². The van der Waals surface area contributed by atoms with Gasteiger partial charge in [0.1, 0.15) is 11.5 Å². The Balaban J connectivity index is 2.03. The number of methoxy groups -OCH3 is 2. The standard InChI is InChI=1S/C19H30N2O5/c1-12(2)9-13(11-20-16-7-8-26-19(16)23)21-18(22)15-6-5-14(24-3)10-17(15)25-4/h5-6,10,12-13,16,19-20,23H,7-9,11H2,1-4H3,(H,21,22)/t13-,16+,19?/m1/s1. The van der Waals surface area contributed by atoms with Gasteiger partial charge in [0.15, 0.2) is 6.29 Å². The number of aliphatic hydroxyl groups excluding tert-OH is 1. The van der Waals surface area contributed by atoms with Gasteiger partial charge < -0.3 is 30.0 Å². The number of amides is 1. The summed E-state index contributed by atoms with van der Waals surface area (Å²) in [4.78, 5) is 12.7. The van der Waals surface area contributed by atoms with Gasteiger partial charge in [-0.15, -0.1) is 0 Å². The van der Waals surface area contributed by atoms with E-state index in [1.165, 1.54) is 7.11 Å². The molecule has 0 aliphatic carbocycles. The number of nitrogens with one attached hydrogen (secondary N) is 2. The SMILES string of the molecule is COc1ccc(C(=O)N[C@@H](CN[C@H]2CCOC2O)CC(C)C)c(OC)c1. The Bertz CT molecular complexity index is 593. The van der Waals surface area contributed by atoms with Crippen molar-refractivity contribution in [1.82, 2.24) is 10.6 Å². The number of ether oxygens (including phenoxy) is 3. The molecule has 1 fully saturated rings. The lowest BCUT2D eigenvalue weighted by atomic mass is 10.0. The molecule has 7 nitrogen and oxygen atoms in total. The normalized spacial score (nSPS) is 20.8. The molecule has 0 saturated carbocycles. The van der Waals surface area contributed by atoms with E-state index >= 15 is 0 Å². The van der Waals surface area contributed by atoms with Crippen LogP contribution in [-0.2, 0) is 4.74 Å². The molecule has 1 heterocycles. The fourth-order valence-corrected chi connectivity index (χ4v) is 3.08. The van der Waals surface area contributed by atoms with Gasteiger partial charge in [0, 0.05) is 18.7 Å². The van der Waals surface area contributed by atoms with Crippen molar-refractivity contribution in [3.05, 3.63) is 23.8 Å². The highest BCUT2D eigenvalue weighted by Crippen LogP contribution is 2.24. The Morgan fingerprint density at radius 2 is 2.12 bits per heavy atom. The second kappa shape index (κ2) is 9.75. The number of hydrogen-bond acceptors (Lipinski definition) is 6. The van der Waals surface area contributed by atoms with Crippen LogP contribution in [0.25, 0.3) is 0 Å². The van der Waals surface area contributed by atoms with Gasteiger partial charge >= 0.3 is 0 Å². The fourth-order valence-electron chi connectivity index (χ4n) is 3.08. The maximum Gasteiger partial charge on any atom is 0.255 e. The molecular weight excluding hydrogens is 336 g/mol. The van der Waals surface area contributed by atoms with E-state index < -0.39 is 6.29 Å². The summed E-state index contributed by atoms with van der Waals surface area (Å²) in [7, 11) is 3.10. The molecule has 1 aromatic rings. The van der Waals surface area contributed by atoms with E-state index in [0.717, 1.165) is 12.8 Å². The lowest BCUT2D eigenvalue weighted by Gasteiger charge is -2.24. The first-order valence-corrected chi connectivity index (χ1v) is 9.00. The lowest BCUT2D eigenvalue weighted by Crippen LogP contribution is -2.47. The van der Waals surface area contributed by atoms with E-state index in [4.69, 9.17) is 14.2 Å². The minimum Gasteiger partial charge on any atom is -0.497 e. The average molecular weight is 366 g/mol. The van der Waals surface area contributed by atoms with Crippen LogP contribution in [0.1, 0.15) is 37.0 Å². The molecule has 1 saturated heterocycles. The average Bonchev–Trinajstić information content (AvgIpc) is 3.03. The topological polar surface area (TPSA) is 89.1 Å². The van der Waals surface area contributed by atoms with E-state index in [1.54, 1.807) is 25.3 Å². The van der Waals surface area contributed by atoms with Crippen molar-refractivity contribution < 1.29 is 24.1 Å². The summed E-state index contributed by atoms with van der Waals surface area (Å²) in [6.07, 6.45) is 0.795. The van der Waals surface area contributed by atoms with Crippen molar-refractivity contribution in [1.29, 1.82) is 0 Å². The van der Waals surface area contributed by atoms with Crippen LogP contribution in [0.15, 0.2) is 18.2 Å². The predicted molar refractivity (Wildman–Crippen MR) is 98.6 cm³/mol. The Kier molecular flexibility index (Phi) is 7.68. The molecule has 3 N–H and O–H groups in total. The minimum absolute atomic E-state index is 0.0675. The number of rotatable bonds is 9. The number of carbonyl (C=O) groups excluding carboxylic acids is 1. The van der Waals surface area contributed by atoms with Gasteiger partial charge in [-0.25, -0.2) is 0 Å². The van der Waals surface area contributed by atoms with Gasteiger partial charge in [-0.1, -0.05) is 13.8 Å². The van der Waals surface area contributed by atoms with Gasteiger partial charge in [0.05, 0.1) is 32.4 Å². The summed E-state index contributed by atoms with van der Waals surface area (Å²) in [5.41, 5.74) is 0.464. The zero-order valence-corrected chi connectivity index (χ0v) is 16.0. The van der Waals surface area contributed by atoms with Crippen LogP contribution in [-0.4, -0.2) is 56.8 Å². The quantitative estimate of drug-likeness (QED) is 0.614. The molecule has 0 radical (unpaired) electrons. The maximum absolute atomic E-state index is 12.7. The monoisotopic (exact) mass is 366 g/mol. The molecule has 2 rings (SSSR count). The molecular formula is C19H30N2O5. The molecule has 1 aromatic carbocycles. The zero-order valence-electron chi connectivity index (χ0n) is 16.0. The number of aliphatic hydroxyl groups is 1. The Morgan fingerprint density at radius 3 is 2.69 bits per heavy atom. The van der Waals surface area contributed by atoms with Crippen molar-refractivity contribution in [2.45, 2.75) is 45.1 Å². The third-order valence-corrected chi connectivity index (χ3v) is 4.43. The van der Waals surface area contributed by atoms with Crippen LogP contribution >= 0.6 is 0 Å². The highest BCUT2D eigenvalue weighted by Gasteiger charge is 2.27. The molecule has 26 heavy (non-hydrogen) atoms. The second-order valence-electron chi connectivity index (χ2n) is 6.93. The molecule has 0 aromatic heterocycles. The lowest BCUT2D eigenvalue weighted by molar-refractivity contribution is -0.0718. The Labute approximate surface area is 155 Å². The third-order valence-electron chi connectivity index (χ3n) is 4.43. The van der Waals surface area contributed by atoms with Crippen molar-refractivity contribution in [2.75, 3.05) is 27.4 Å². The Hall–Kier alpha value is -1.83. The third kappa shape index (κ3) is 5.59. The van der Waals surface area contributed by atoms with Gasteiger partial charge in [-0.05, 0) is 30.9 Å². The van der Waals surface area contributed by atoms with E-state index in [9.17, 15) is 9.90 Å². The van der Waals surface area contributed by atoms with Gasteiger partial charge in [0.25, 0.3) is 5.91 Å². The van der Waals surface area contributed by atoms with Crippen LogP contribution in [0.5, 0.6) is 11.5 Å². The van der Waals surface area contributed by atoms with Gasteiger partial charge in [-0.3, -0.25) is 4.79 Å². The molecule has 0 bridgehead atoms. The molecule has 146 valence electrons. The second-order valence-corrected chi connectivity index (χ2v) is 6.93.